The summed E-state index contributed by atoms with van der Waals surface area (Å²) in [6, 6.07) is 11.0. The molecule has 0 unspecified atom stereocenters. The van der Waals surface area contributed by atoms with E-state index in [0.717, 1.165) is 41.3 Å². The van der Waals surface area contributed by atoms with Crippen LogP contribution in [-0.4, -0.2) is 46.6 Å². The van der Waals surface area contributed by atoms with Gasteiger partial charge in [0, 0.05) is 48.1 Å². The van der Waals surface area contributed by atoms with Crippen molar-refractivity contribution in [2.24, 2.45) is 0 Å². The van der Waals surface area contributed by atoms with E-state index >= 15 is 0 Å². The zero-order valence-corrected chi connectivity index (χ0v) is 17.7. The van der Waals surface area contributed by atoms with E-state index in [2.05, 4.69) is 37.2 Å². The number of allylic oxidation sites excluding steroid dienone is 1. The molecule has 29 heavy (non-hydrogen) atoms. The van der Waals surface area contributed by atoms with Crippen LogP contribution in [0.4, 0.5) is 11.4 Å². The van der Waals surface area contributed by atoms with Gasteiger partial charge in [-0.3, -0.25) is 0 Å². The Morgan fingerprint density at radius 1 is 1.10 bits per heavy atom. The number of phenols is 1. The van der Waals surface area contributed by atoms with Gasteiger partial charge in [-0.15, -0.1) is 0 Å². The van der Waals surface area contributed by atoms with Crippen molar-refractivity contribution in [1.29, 1.82) is 0 Å². The highest BCUT2D eigenvalue weighted by Gasteiger charge is 2.43. The number of anilines is 1. The number of carbonyl (C=O) groups is 1. The Bertz CT molecular complexity index is 1010. The van der Waals surface area contributed by atoms with E-state index in [0.29, 0.717) is 5.56 Å². The number of aromatic carboxylic acids is 1. The Labute approximate surface area is 172 Å². The molecule has 0 bridgehead atoms. The molecule has 0 atom stereocenters. The Morgan fingerprint density at radius 2 is 1.79 bits per heavy atom. The van der Waals surface area contributed by atoms with E-state index in [4.69, 9.17) is 0 Å². The molecule has 0 saturated heterocycles. The standard InChI is InChI=1S/C24H28N2O3/c1-6-26(7-2)18-11-8-16(21(27)15-18)10-13-22-24(3,4)19-14-17(23(28)29)9-12-20(19)25(22)5/h8-15H,6-7H2,1-5H3,(H,28,29)/p+1. The molecule has 2 aromatic carbocycles. The molecule has 5 nitrogen and oxygen atoms in total. The summed E-state index contributed by atoms with van der Waals surface area (Å²) in [6.07, 6.45) is 3.92. The van der Waals surface area contributed by atoms with Crippen molar-refractivity contribution < 1.29 is 19.6 Å². The number of aromatic hydroxyl groups is 1. The fourth-order valence-electron chi connectivity index (χ4n) is 4.10. The number of benzene rings is 2. The molecule has 0 fully saturated rings. The van der Waals surface area contributed by atoms with Gasteiger partial charge in [-0.2, -0.15) is 4.58 Å². The number of rotatable bonds is 6. The van der Waals surface area contributed by atoms with Crippen LogP contribution in [0.5, 0.6) is 5.75 Å². The van der Waals surface area contributed by atoms with Gasteiger partial charge in [0.05, 0.1) is 11.0 Å². The Balaban J connectivity index is 1.95. The molecule has 1 heterocycles. The summed E-state index contributed by atoms with van der Waals surface area (Å²) in [5.74, 6) is -0.677. The number of carboxylic acids is 1. The van der Waals surface area contributed by atoms with Gasteiger partial charge >= 0.3 is 5.97 Å². The first-order valence-electron chi connectivity index (χ1n) is 9.95. The third kappa shape index (κ3) is 3.65. The lowest BCUT2D eigenvalue weighted by molar-refractivity contribution is -0.401. The van der Waals surface area contributed by atoms with Gasteiger partial charge < -0.3 is 15.1 Å². The lowest BCUT2D eigenvalue weighted by atomic mass is 9.80. The maximum absolute atomic E-state index is 11.4. The number of fused-ring (bicyclic) bond motifs is 1. The first kappa shape index (κ1) is 20.6. The van der Waals surface area contributed by atoms with Crippen LogP contribution in [-0.2, 0) is 5.41 Å². The Morgan fingerprint density at radius 3 is 2.38 bits per heavy atom. The number of nitrogens with zero attached hydrogens (tertiary/aromatic N) is 2. The summed E-state index contributed by atoms with van der Waals surface area (Å²) in [6.45, 7) is 10.1. The zero-order valence-electron chi connectivity index (χ0n) is 17.7. The smallest absolute Gasteiger partial charge is 0.335 e. The van der Waals surface area contributed by atoms with Crippen LogP contribution in [0.2, 0.25) is 0 Å². The summed E-state index contributed by atoms with van der Waals surface area (Å²) in [5.41, 5.74) is 4.73. The molecule has 0 saturated carbocycles. The van der Waals surface area contributed by atoms with Crippen LogP contribution < -0.4 is 4.90 Å². The van der Waals surface area contributed by atoms with Crippen molar-refractivity contribution in [3.05, 3.63) is 59.2 Å². The number of hydrogen-bond donors (Lipinski definition) is 2. The molecular formula is C24H29N2O3+. The fourth-order valence-corrected chi connectivity index (χ4v) is 4.10. The van der Waals surface area contributed by atoms with Crippen LogP contribution in [0, 0.1) is 0 Å². The number of phenolic OH excluding ortho intramolecular Hbond substituents is 1. The lowest BCUT2D eigenvalue weighted by Gasteiger charge is -2.21. The topological polar surface area (TPSA) is 63.8 Å². The molecule has 1 aliphatic heterocycles. The van der Waals surface area contributed by atoms with Gasteiger partial charge in [-0.25, -0.2) is 4.79 Å². The van der Waals surface area contributed by atoms with E-state index in [1.807, 2.05) is 37.4 Å². The van der Waals surface area contributed by atoms with E-state index < -0.39 is 5.97 Å². The minimum atomic E-state index is -0.923. The fraction of sp³-hybridized carbons (Fsp3) is 0.333. The van der Waals surface area contributed by atoms with Gasteiger partial charge in [0.15, 0.2) is 5.71 Å². The second kappa shape index (κ2) is 7.74. The normalized spacial score (nSPS) is 15.1. The van der Waals surface area contributed by atoms with Crippen molar-refractivity contribution in [3.63, 3.8) is 0 Å². The van der Waals surface area contributed by atoms with Gasteiger partial charge in [0.2, 0.25) is 5.69 Å². The summed E-state index contributed by atoms with van der Waals surface area (Å²) >= 11 is 0. The molecule has 2 N–H and O–H groups in total. The zero-order chi connectivity index (χ0) is 21.3. The monoisotopic (exact) mass is 393 g/mol. The SMILES string of the molecule is CCN(CC)c1ccc(C=CC2=[N+](C)c3ccc(C(=O)O)cc3C2(C)C)c(O)c1. The predicted molar refractivity (Wildman–Crippen MR) is 118 cm³/mol. The molecule has 0 radical (unpaired) electrons. The quantitative estimate of drug-likeness (QED) is 0.701. The van der Waals surface area contributed by atoms with E-state index in [-0.39, 0.29) is 11.2 Å². The average molecular weight is 394 g/mol. The molecule has 152 valence electrons. The van der Waals surface area contributed by atoms with E-state index in [1.165, 1.54) is 0 Å². The highest BCUT2D eigenvalue weighted by molar-refractivity contribution is 6.06. The first-order chi connectivity index (χ1) is 13.7. The maximum atomic E-state index is 11.4. The van der Waals surface area contributed by atoms with Gasteiger partial charge in [-0.05, 0) is 58.0 Å². The first-order valence-corrected chi connectivity index (χ1v) is 9.95. The van der Waals surface area contributed by atoms with Crippen molar-refractivity contribution in [1.82, 2.24) is 0 Å². The molecular weight excluding hydrogens is 364 g/mol. The van der Waals surface area contributed by atoms with Crippen LogP contribution >= 0.6 is 0 Å². The maximum Gasteiger partial charge on any atom is 0.335 e. The Kier molecular flexibility index (Phi) is 5.51. The largest absolute Gasteiger partial charge is 0.507 e. The molecule has 5 heteroatoms. The van der Waals surface area contributed by atoms with Gasteiger partial charge in [0.25, 0.3) is 0 Å². The third-order valence-corrected chi connectivity index (χ3v) is 5.84. The molecule has 3 rings (SSSR count). The second-order valence-electron chi connectivity index (χ2n) is 7.86. The van der Waals surface area contributed by atoms with Crippen LogP contribution in [0.1, 0.15) is 49.2 Å². The predicted octanol–water partition coefficient (Wildman–Crippen LogP) is 4.66. The van der Waals surface area contributed by atoms with Crippen molar-refractivity contribution in [2.45, 2.75) is 33.1 Å². The lowest BCUT2D eigenvalue weighted by Crippen LogP contribution is -2.26. The third-order valence-electron chi connectivity index (χ3n) is 5.84. The molecule has 1 aliphatic rings. The van der Waals surface area contributed by atoms with Crippen LogP contribution in [0.15, 0.2) is 42.5 Å². The second-order valence-corrected chi connectivity index (χ2v) is 7.86. The van der Waals surface area contributed by atoms with E-state index in [1.54, 1.807) is 18.2 Å². The highest BCUT2D eigenvalue weighted by Crippen LogP contribution is 2.40. The highest BCUT2D eigenvalue weighted by atomic mass is 16.4. The molecule has 2 aromatic rings. The van der Waals surface area contributed by atoms with Gasteiger partial charge in [0.1, 0.15) is 12.8 Å². The van der Waals surface area contributed by atoms with Gasteiger partial charge in [-0.1, -0.05) is 0 Å². The Hall–Kier alpha value is -3.08. The van der Waals surface area contributed by atoms with Crippen molar-refractivity contribution in [2.75, 3.05) is 25.0 Å². The van der Waals surface area contributed by atoms with Crippen molar-refractivity contribution >= 4 is 29.1 Å². The summed E-state index contributed by atoms with van der Waals surface area (Å²) in [5, 5.41) is 19.8. The molecule has 0 aliphatic carbocycles. The van der Waals surface area contributed by atoms with Crippen molar-refractivity contribution in [3.8, 4) is 5.75 Å². The molecule has 0 amide bonds. The van der Waals surface area contributed by atoms with E-state index in [9.17, 15) is 15.0 Å². The average Bonchev–Trinajstić information content (AvgIpc) is 2.87. The van der Waals surface area contributed by atoms with Crippen LogP contribution in [0.3, 0.4) is 0 Å². The van der Waals surface area contributed by atoms with Crippen LogP contribution in [0.25, 0.3) is 6.08 Å². The molecule has 0 aromatic heterocycles. The number of hydrogen-bond acceptors (Lipinski definition) is 3. The summed E-state index contributed by atoms with van der Waals surface area (Å²) in [4.78, 5) is 13.6. The molecule has 0 spiro atoms. The summed E-state index contributed by atoms with van der Waals surface area (Å²) in [7, 11) is 1.98. The number of carboxylic acid groups (broad SMARTS) is 1. The minimum absolute atomic E-state index is 0.246. The summed E-state index contributed by atoms with van der Waals surface area (Å²) < 4.78 is 2.08. The minimum Gasteiger partial charge on any atom is -0.507 e.